The highest BCUT2D eigenvalue weighted by Gasteiger charge is 2.46. The zero-order chi connectivity index (χ0) is 12.7. The molecule has 2 heterocycles. The van der Waals surface area contributed by atoms with Crippen LogP contribution in [0.15, 0.2) is 0 Å². The molecule has 0 aromatic rings. The van der Waals surface area contributed by atoms with Crippen LogP contribution < -0.4 is 0 Å². The van der Waals surface area contributed by atoms with Crippen molar-refractivity contribution in [2.75, 3.05) is 13.2 Å². The van der Waals surface area contributed by atoms with E-state index in [1.807, 2.05) is 0 Å². The predicted octanol–water partition coefficient (Wildman–Crippen LogP) is 2.12. The minimum absolute atomic E-state index is 0.0350. The summed E-state index contributed by atoms with van der Waals surface area (Å²) in [6.07, 6.45) is 1.34. The van der Waals surface area contributed by atoms with Crippen LogP contribution in [0.3, 0.4) is 0 Å². The van der Waals surface area contributed by atoms with E-state index in [-0.39, 0.29) is 29.2 Å². The molecule has 0 spiro atoms. The smallest absolute Gasteiger partial charge is 0.309 e. The molecule has 2 fully saturated rings. The number of hydrogen-bond donors (Lipinski definition) is 0. The fourth-order valence-corrected chi connectivity index (χ4v) is 2.92. The summed E-state index contributed by atoms with van der Waals surface area (Å²) in [6, 6.07) is 0. The number of ether oxygens (including phenoxy) is 3. The molecule has 2 aliphatic rings. The highest BCUT2D eigenvalue weighted by Crippen LogP contribution is 2.44. The Labute approximate surface area is 103 Å². The zero-order valence-electron chi connectivity index (χ0n) is 11.1. The van der Waals surface area contributed by atoms with Gasteiger partial charge < -0.3 is 14.2 Å². The summed E-state index contributed by atoms with van der Waals surface area (Å²) in [6.45, 7) is 9.91. The zero-order valence-corrected chi connectivity index (χ0v) is 11.1. The molecule has 0 aromatic heterocycles. The summed E-state index contributed by atoms with van der Waals surface area (Å²) in [4.78, 5) is 10.9. The maximum absolute atomic E-state index is 10.9. The first-order chi connectivity index (χ1) is 7.81. The molecule has 1 atom stereocenters. The highest BCUT2D eigenvalue weighted by atomic mass is 16.7. The predicted molar refractivity (Wildman–Crippen MR) is 62.4 cm³/mol. The van der Waals surface area contributed by atoms with E-state index in [9.17, 15) is 4.79 Å². The van der Waals surface area contributed by atoms with E-state index in [4.69, 9.17) is 14.2 Å². The summed E-state index contributed by atoms with van der Waals surface area (Å²) >= 11 is 0. The molecule has 2 saturated heterocycles. The Balaban J connectivity index is 1.95. The fraction of sp³-hybridized carbons (Fsp3) is 0.923. The lowest BCUT2D eigenvalue weighted by Gasteiger charge is -2.44. The van der Waals surface area contributed by atoms with Crippen LogP contribution in [0.5, 0.6) is 0 Å². The molecule has 17 heavy (non-hydrogen) atoms. The molecule has 1 unspecified atom stereocenters. The van der Waals surface area contributed by atoms with Crippen molar-refractivity contribution in [2.45, 2.75) is 52.9 Å². The molecule has 0 aromatic carbocycles. The van der Waals surface area contributed by atoms with Crippen molar-refractivity contribution < 1.29 is 19.0 Å². The summed E-state index contributed by atoms with van der Waals surface area (Å²) in [5.74, 6) is -0.0887. The minimum atomic E-state index is -0.141. The van der Waals surface area contributed by atoms with Gasteiger partial charge in [0.1, 0.15) is 6.10 Å². The van der Waals surface area contributed by atoms with E-state index in [2.05, 4.69) is 27.7 Å². The van der Waals surface area contributed by atoms with Gasteiger partial charge in [0, 0.05) is 10.8 Å². The molecule has 98 valence electrons. The molecule has 4 heteroatoms. The van der Waals surface area contributed by atoms with Gasteiger partial charge in [-0.1, -0.05) is 27.7 Å². The van der Waals surface area contributed by atoms with Crippen LogP contribution in [0, 0.1) is 10.8 Å². The lowest BCUT2D eigenvalue weighted by Crippen LogP contribution is -2.47. The van der Waals surface area contributed by atoms with Crippen molar-refractivity contribution in [1.82, 2.24) is 0 Å². The third-order valence-corrected chi connectivity index (χ3v) is 3.67. The van der Waals surface area contributed by atoms with E-state index in [1.165, 1.54) is 0 Å². The van der Waals surface area contributed by atoms with Crippen LogP contribution in [-0.4, -0.2) is 31.6 Å². The lowest BCUT2D eigenvalue weighted by molar-refractivity contribution is -0.189. The van der Waals surface area contributed by atoms with Crippen molar-refractivity contribution in [3.63, 3.8) is 0 Å². The quantitative estimate of drug-likeness (QED) is 0.708. The van der Waals surface area contributed by atoms with E-state index in [0.717, 1.165) is 6.42 Å². The van der Waals surface area contributed by atoms with Gasteiger partial charge in [0.25, 0.3) is 0 Å². The molecule has 0 aliphatic carbocycles. The van der Waals surface area contributed by atoms with Gasteiger partial charge in [-0.25, -0.2) is 0 Å². The summed E-state index contributed by atoms with van der Waals surface area (Å²) in [5.41, 5.74) is -0.102. The molecule has 0 radical (unpaired) electrons. The Morgan fingerprint density at radius 2 is 1.65 bits per heavy atom. The van der Waals surface area contributed by atoms with Gasteiger partial charge >= 0.3 is 5.97 Å². The number of carbonyl (C=O) groups is 1. The largest absolute Gasteiger partial charge is 0.461 e. The first kappa shape index (κ1) is 12.8. The Morgan fingerprint density at radius 1 is 1.12 bits per heavy atom. The van der Waals surface area contributed by atoms with Crippen LogP contribution >= 0.6 is 0 Å². The second-order valence-electron chi connectivity index (χ2n) is 6.41. The number of cyclic esters (lactones) is 1. The summed E-state index contributed by atoms with van der Waals surface area (Å²) in [7, 11) is 0. The first-order valence-electron chi connectivity index (χ1n) is 6.24. The van der Waals surface area contributed by atoms with Crippen LogP contribution in [0.4, 0.5) is 0 Å². The second-order valence-corrected chi connectivity index (χ2v) is 6.41. The molecule has 0 bridgehead atoms. The van der Waals surface area contributed by atoms with Crippen molar-refractivity contribution in [3.8, 4) is 0 Å². The normalized spacial score (nSPS) is 26.8. The summed E-state index contributed by atoms with van der Waals surface area (Å²) < 4.78 is 16.4. The van der Waals surface area contributed by atoms with Gasteiger partial charge in [0.2, 0.25) is 0 Å². The molecular formula is C13H22O4. The standard InChI is InChI=1S/C13H22O4/c1-12(2,9-7-10(14)17-9)8-13(3,4)11-15-5-6-16-11/h9,11H,5-8H2,1-4H3. The lowest BCUT2D eigenvalue weighted by atomic mass is 9.70. The SMILES string of the molecule is CC(C)(CC(C)(C)C1OCCO1)C1CC(=O)O1. The van der Waals surface area contributed by atoms with Crippen molar-refractivity contribution in [2.24, 2.45) is 10.8 Å². The van der Waals surface area contributed by atoms with Gasteiger partial charge in [0.15, 0.2) is 6.29 Å². The van der Waals surface area contributed by atoms with Gasteiger partial charge in [-0.15, -0.1) is 0 Å². The highest BCUT2D eigenvalue weighted by molar-refractivity contribution is 5.75. The molecule has 2 aliphatic heterocycles. The van der Waals surface area contributed by atoms with E-state index >= 15 is 0 Å². The van der Waals surface area contributed by atoms with Crippen molar-refractivity contribution in [3.05, 3.63) is 0 Å². The van der Waals surface area contributed by atoms with Crippen LogP contribution in [0.2, 0.25) is 0 Å². The number of esters is 1. The van der Waals surface area contributed by atoms with Gasteiger partial charge in [0.05, 0.1) is 19.6 Å². The average molecular weight is 242 g/mol. The minimum Gasteiger partial charge on any atom is -0.461 e. The molecule has 0 saturated carbocycles. The van der Waals surface area contributed by atoms with E-state index in [1.54, 1.807) is 0 Å². The number of carbonyl (C=O) groups excluding carboxylic acids is 1. The Morgan fingerprint density at radius 3 is 2.12 bits per heavy atom. The molecular weight excluding hydrogens is 220 g/mol. The van der Waals surface area contributed by atoms with Crippen LogP contribution in [0.25, 0.3) is 0 Å². The van der Waals surface area contributed by atoms with E-state index < -0.39 is 0 Å². The second kappa shape index (κ2) is 4.25. The van der Waals surface area contributed by atoms with Gasteiger partial charge in [-0.2, -0.15) is 0 Å². The Bertz CT molecular complexity index is 295. The van der Waals surface area contributed by atoms with Gasteiger partial charge in [-0.05, 0) is 6.42 Å². The third-order valence-electron chi connectivity index (χ3n) is 3.67. The molecule has 0 amide bonds. The van der Waals surface area contributed by atoms with Gasteiger partial charge in [-0.3, -0.25) is 4.79 Å². The summed E-state index contributed by atoms with van der Waals surface area (Å²) in [5, 5.41) is 0. The van der Waals surface area contributed by atoms with Crippen molar-refractivity contribution >= 4 is 5.97 Å². The first-order valence-corrected chi connectivity index (χ1v) is 6.24. The maximum Gasteiger partial charge on any atom is 0.309 e. The molecule has 0 N–H and O–H groups in total. The monoisotopic (exact) mass is 242 g/mol. The maximum atomic E-state index is 10.9. The van der Waals surface area contributed by atoms with E-state index in [0.29, 0.717) is 19.6 Å². The van der Waals surface area contributed by atoms with Crippen LogP contribution in [-0.2, 0) is 19.0 Å². The Hall–Kier alpha value is -0.610. The topological polar surface area (TPSA) is 44.8 Å². The molecule has 4 nitrogen and oxygen atoms in total. The third kappa shape index (κ3) is 2.63. The Kier molecular flexibility index (Phi) is 3.21. The number of rotatable bonds is 4. The average Bonchev–Trinajstić information content (AvgIpc) is 2.64. The van der Waals surface area contributed by atoms with Crippen LogP contribution in [0.1, 0.15) is 40.5 Å². The van der Waals surface area contributed by atoms with Crippen molar-refractivity contribution in [1.29, 1.82) is 0 Å². The fourth-order valence-electron chi connectivity index (χ4n) is 2.92. The molecule has 2 rings (SSSR count). The number of hydrogen-bond acceptors (Lipinski definition) is 4.